The van der Waals surface area contributed by atoms with Crippen LogP contribution in [0.3, 0.4) is 0 Å². The number of hydrogen-bond donors (Lipinski definition) is 0. The fourth-order valence-corrected chi connectivity index (χ4v) is 9.24. The van der Waals surface area contributed by atoms with E-state index < -0.39 is 14.4 Å². The molecular weight excluding hydrogens is 873 g/mol. The summed E-state index contributed by atoms with van der Waals surface area (Å²) in [6, 6.07) is 53.1. The summed E-state index contributed by atoms with van der Waals surface area (Å²) in [5, 5.41) is 3.46. The van der Waals surface area contributed by atoms with E-state index in [-0.39, 0.29) is 26.0 Å². The van der Waals surface area contributed by atoms with Gasteiger partial charge in [-0.25, -0.2) is 4.98 Å². The van der Waals surface area contributed by atoms with Crippen LogP contribution in [0.2, 0.25) is 19.6 Å². The molecule has 0 aliphatic carbocycles. The fraction of sp³-hybridized carbons (Fsp3) is 0.128. The molecule has 0 fully saturated rings. The number of rotatable bonds is 7. The molecule has 4 nitrogen and oxygen atoms in total. The minimum absolute atomic E-state index is 0. The van der Waals surface area contributed by atoms with Crippen LogP contribution in [0.25, 0.3) is 59.7 Å². The second kappa shape index (κ2) is 16.1. The van der Waals surface area contributed by atoms with Crippen LogP contribution >= 0.6 is 11.3 Å². The van der Waals surface area contributed by atoms with Crippen molar-refractivity contribution < 1.29 is 22.8 Å². The standard InChI is InChI=1S/C24H14N3S.C23H26NSi.Ir/c1-2-8-16(9-3-1)27-21-14-5-4-13-20(21)26-23(27)19-11-6-10-17-18-12-7-15-25-24(18)28-22(17)19;1-18(19-11-7-5-8-12-19)15-21-16-22(20-13-9-6-10-14-20)24-17-23(21)25(2,3)4;/h1-10,12-15H;5-13,16-18H,15H2,1-4H3;/q2*-1;/i;15D2;. The van der Waals surface area contributed by atoms with Gasteiger partial charge in [0.25, 0.3) is 0 Å². The Morgan fingerprint density at radius 3 is 2.28 bits per heavy atom. The van der Waals surface area contributed by atoms with Crippen LogP contribution < -0.4 is 5.19 Å². The Morgan fingerprint density at radius 1 is 0.778 bits per heavy atom. The summed E-state index contributed by atoms with van der Waals surface area (Å²) in [6.45, 7) is 8.69. The Kier molecular flexibility index (Phi) is 10.4. The monoisotopic (exact) mass is 915 g/mol. The molecule has 0 N–H and O–H groups in total. The van der Waals surface area contributed by atoms with Gasteiger partial charge in [0, 0.05) is 40.9 Å². The number of hydrogen-bond acceptors (Lipinski definition) is 4. The van der Waals surface area contributed by atoms with Crippen molar-refractivity contribution in [3.8, 4) is 28.3 Å². The summed E-state index contributed by atoms with van der Waals surface area (Å²) in [6.07, 6.45) is 2.25. The van der Waals surface area contributed by atoms with Crippen LogP contribution in [0.15, 0.2) is 152 Å². The van der Waals surface area contributed by atoms with E-state index in [0.29, 0.717) is 0 Å². The molecule has 5 aromatic carbocycles. The predicted octanol–water partition coefficient (Wildman–Crippen LogP) is 11.7. The van der Waals surface area contributed by atoms with Crippen LogP contribution in [0.5, 0.6) is 0 Å². The summed E-state index contributed by atoms with van der Waals surface area (Å²) in [4.78, 5) is 15.3. The molecule has 0 amide bonds. The normalized spacial score (nSPS) is 12.7. The first-order chi connectivity index (χ1) is 26.6. The molecular formula is C47H40IrN4SSi-2. The van der Waals surface area contributed by atoms with Crippen LogP contribution in [-0.4, -0.2) is 27.6 Å². The number of para-hydroxylation sites is 3. The number of benzene rings is 5. The fourth-order valence-electron chi connectivity index (χ4n) is 6.71. The summed E-state index contributed by atoms with van der Waals surface area (Å²) < 4.78 is 21.5. The largest absolute Gasteiger partial charge is 0.333 e. The number of imidazole rings is 1. The van der Waals surface area contributed by atoms with Gasteiger partial charge in [0.2, 0.25) is 0 Å². The summed E-state index contributed by atoms with van der Waals surface area (Å²) in [5.41, 5.74) is 7.62. The van der Waals surface area contributed by atoms with E-state index in [1.54, 1.807) is 11.3 Å². The van der Waals surface area contributed by atoms with Gasteiger partial charge in [0.1, 0.15) is 4.83 Å². The van der Waals surface area contributed by atoms with E-state index in [9.17, 15) is 0 Å². The van der Waals surface area contributed by atoms with Crippen molar-refractivity contribution in [1.82, 2.24) is 19.5 Å². The molecule has 1 unspecified atom stereocenters. The number of aromatic nitrogens is 4. The number of thiophene rings is 1. The molecule has 0 saturated heterocycles. The van der Waals surface area contributed by atoms with Crippen LogP contribution in [0.4, 0.5) is 0 Å². The van der Waals surface area contributed by atoms with E-state index in [1.807, 2.05) is 104 Å². The Bertz CT molecular complexity index is 2750. The first-order valence-corrected chi connectivity index (χ1v) is 22.2. The van der Waals surface area contributed by atoms with Gasteiger partial charge in [0.15, 0.2) is 0 Å². The Labute approximate surface area is 338 Å². The van der Waals surface area contributed by atoms with Crippen molar-refractivity contribution in [3.05, 3.63) is 175 Å². The SMILES string of the molecule is [2H]C([2H])(c1cc(-c2[c-]cccc2)ncc1[Si](C)(C)C)C(C)c1ccccc1.[Ir].[c-]1ccc2c(sc3ncccc32)c1-c1nc2ccccc2n1-c1ccccc1. The van der Waals surface area contributed by atoms with Crippen molar-refractivity contribution in [2.24, 2.45) is 0 Å². The Balaban J connectivity index is 0.000000169. The second-order valence-electron chi connectivity index (χ2n) is 14.1. The topological polar surface area (TPSA) is 43.6 Å². The summed E-state index contributed by atoms with van der Waals surface area (Å²) in [7, 11) is -1.77. The molecule has 0 spiro atoms. The van der Waals surface area contributed by atoms with E-state index in [4.69, 9.17) is 7.73 Å². The average Bonchev–Trinajstić information content (AvgIpc) is 3.80. The Morgan fingerprint density at radius 2 is 1.52 bits per heavy atom. The average molecular weight is 915 g/mol. The van der Waals surface area contributed by atoms with Gasteiger partial charge in [-0.1, -0.05) is 116 Å². The Hall–Kier alpha value is -5.04. The third-order valence-electron chi connectivity index (χ3n) is 9.38. The zero-order valence-electron chi connectivity index (χ0n) is 32.5. The van der Waals surface area contributed by atoms with Crippen molar-refractivity contribution in [2.75, 3.05) is 0 Å². The molecule has 9 aromatic rings. The third-order valence-corrected chi connectivity index (χ3v) is 12.5. The van der Waals surface area contributed by atoms with Crippen molar-refractivity contribution in [2.45, 2.75) is 38.9 Å². The molecule has 269 valence electrons. The third kappa shape index (κ3) is 7.64. The first-order valence-electron chi connectivity index (χ1n) is 18.9. The molecule has 0 bridgehead atoms. The summed E-state index contributed by atoms with van der Waals surface area (Å²) in [5.74, 6) is 0.647. The molecule has 4 heterocycles. The molecule has 1 radical (unpaired) electrons. The zero-order chi connectivity index (χ0) is 38.2. The van der Waals surface area contributed by atoms with E-state index >= 15 is 0 Å². The van der Waals surface area contributed by atoms with Crippen molar-refractivity contribution in [3.63, 3.8) is 0 Å². The molecule has 0 aliphatic rings. The van der Waals surface area contributed by atoms with E-state index in [1.165, 1.54) is 15.5 Å². The first kappa shape index (κ1) is 34.7. The zero-order valence-corrected chi connectivity index (χ0v) is 34.8. The van der Waals surface area contributed by atoms with Crippen LogP contribution in [-0.2, 0) is 26.5 Å². The maximum absolute atomic E-state index is 9.04. The van der Waals surface area contributed by atoms with Crippen molar-refractivity contribution in [1.29, 1.82) is 0 Å². The number of fused-ring (bicyclic) bond motifs is 4. The van der Waals surface area contributed by atoms with Gasteiger partial charge in [0.05, 0.1) is 24.9 Å². The van der Waals surface area contributed by atoms with Gasteiger partial charge < -0.3 is 9.55 Å². The molecule has 0 saturated carbocycles. The minimum Gasteiger partial charge on any atom is -0.333 e. The molecule has 0 aliphatic heterocycles. The van der Waals surface area contributed by atoms with Gasteiger partial charge in [-0.15, -0.1) is 54.1 Å². The second-order valence-corrected chi connectivity index (χ2v) is 20.1. The summed E-state index contributed by atoms with van der Waals surface area (Å²) >= 11 is 1.70. The quantitative estimate of drug-likeness (QED) is 0.118. The van der Waals surface area contributed by atoms with Crippen LogP contribution in [0, 0.1) is 12.1 Å². The molecule has 1 atom stereocenters. The van der Waals surface area contributed by atoms with Crippen LogP contribution in [0.1, 0.15) is 26.7 Å². The molecule has 7 heteroatoms. The molecule has 9 rings (SSSR count). The van der Waals surface area contributed by atoms with Gasteiger partial charge in [-0.2, -0.15) is 11.3 Å². The maximum atomic E-state index is 9.04. The van der Waals surface area contributed by atoms with E-state index in [2.05, 4.69) is 101 Å². The van der Waals surface area contributed by atoms with Crippen molar-refractivity contribution >= 4 is 55.9 Å². The minimum atomic E-state index is -1.77. The number of nitrogens with zero attached hydrogens (tertiary/aromatic N) is 4. The number of pyridine rings is 2. The maximum Gasteiger partial charge on any atom is 0.113 e. The van der Waals surface area contributed by atoms with E-state index in [0.717, 1.165) is 60.5 Å². The van der Waals surface area contributed by atoms with Gasteiger partial charge in [-0.3, -0.25) is 4.98 Å². The van der Waals surface area contributed by atoms with Gasteiger partial charge in [-0.05, 0) is 69.2 Å². The van der Waals surface area contributed by atoms with Gasteiger partial charge >= 0.3 is 0 Å². The molecule has 54 heavy (non-hydrogen) atoms. The predicted molar refractivity (Wildman–Crippen MR) is 226 cm³/mol. The molecule has 4 aromatic heterocycles. The smallest absolute Gasteiger partial charge is 0.113 e.